The lowest BCUT2D eigenvalue weighted by atomic mass is 10.1. The number of amides is 2. The monoisotopic (exact) mass is 605 g/mol. The maximum Gasteiger partial charge on any atom is 0.264 e. The molecule has 214 valence electrons. The van der Waals surface area contributed by atoms with Gasteiger partial charge in [-0.3, -0.25) is 13.9 Å². The molecule has 0 aromatic heterocycles. The van der Waals surface area contributed by atoms with Crippen LogP contribution in [0.25, 0.3) is 0 Å². The molecule has 0 spiro atoms. The summed E-state index contributed by atoms with van der Waals surface area (Å²) in [4.78, 5) is 28.6. The summed E-state index contributed by atoms with van der Waals surface area (Å²) < 4.78 is 34.0. The maximum atomic E-state index is 14.0. The van der Waals surface area contributed by atoms with Crippen LogP contribution in [0, 0.1) is 0 Å². The fourth-order valence-corrected chi connectivity index (χ4v) is 5.88. The molecule has 0 fully saturated rings. The Morgan fingerprint density at radius 1 is 0.950 bits per heavy atom. The van der Waals surface area contributed by atoms with Crippen LogP contribution in [0.4, 0.5) is 5.69 Å². The number of benzene rings is 3. The van der Waals surface area contributed by atoms with Gasteiger partial charge in [0.15, 0.2) is 0 Å². The molecule has 1 N–H and O–H groups in total. The van der Waals surface area contributed by atoms with Gasteiger partial charge < -0.3 is 15.0 Å². The average Bonchev–Trinajstić information content (AvgIpc) is 2.96. The Morgan fingerprint density at radius 3 is 2.30 bits per heavy atom. The van der Waals surface area contributed by atoms with Crippen molar-refractivity contribution >= 4 is 50.7 Å². The normalized spacial score (nSPS) is 11.9. The molecule has 0 radical (unpaired) electrons. The lowest BCUT2D eigenvalue weighted by molar-refractivity contribution is -0.140. The average molecular weight is 607 g/mol. The zero-order chi connectivity index (χ0) is 29.3. The zero-order valence-electron chi connectivity index (χ0n) is 22.6. The summed E-state index contributed by atoms with van der Waals surface area (Å²) in [6.07, 6.45) is 1.04. The van der Waals surface area contributed by atoms with Crippen molar-refractivity contribution < 1.29 is 22.7 Å². The summed E-state index contributed by atoms with van der Waals surface area (Å²) in [5, 5.41) is 3.51. The molecule has 3 aromatic rings. The van der Waals surface area contributed by atoms with Gasteiger partial charge in [0.2, 0.25) is 11.8 Å². The number of nitrogens with one attached hydrogen (secondary N) is 1. The van der Waals surface area contributed by atoms with E-state index in [0.717, 1.165) is 10.7 Å². The van der Waals surface area contributed by atoms with E-state index in [0.29, 0.717) is 34.3 Å². The smallest absolute Gasteiger partial charge is 0.264 e. The lowest BCUT2D eigenvalue weighted by Crippen LogP contribution is -2.52. The van der Waals surface area contributed by atoms with Crippen LogP contribution < -0.4 is 14.4 Å². The Morgan fingerprint density at radius 2 is 1.68 bits per heavy atom. The summed E-state index contributed by atoms with van der Waals surface area (Å²) >= 11 is 12.3. The van der Waals surface area contributed by atoms with Gasteiger partial charge in [0, 0.05) is 19.2 Å². The van der Waals surface area contributed by atoms with Crippen molar-refractivity contribution in [3.8, 4) is 5.75 Å². The SMILES string of the molecule is CCCNC(=O)C(CC)N(Cc1ccc(Cl)c(Cl)c1)C(=O)CN(c1cccc(OC)c1)S(=O)(=O)c1ccccc1. The Kier molecular flexibility index (Phi) is 11.2. The number of nitrogens with zero attached hydrogens (tertiary/aromatic N) is 2. The van der Waals surface area contributed by atoms with Gasteiger partial charge in [-0.05, 0) is 54.8 Å². The molecule has 0 saturated heterocycles. The molecular weight excluding hydrogens is 573 g/mol. The Hall–Kier alpha value is -3.27. The number of anilines is 1. The number of hydrogen-bond donors (Lipinski definition) is 1. The summed E-state index contributed by atoms with van der Waals surface area (Å²) in [5.41, 5.74) is 0.887. The number of methoxy groups -OCH3 is 1. The quantitative estimate of drug-likeness (QED) is 0.276. The van der Waals surface area contributed by atoms with Gasteiger partial charge in [-0.2, -0.15) is 0 Å². The topological polar surface area (TPSA) is 96.0 Å². The van der Waals surface area contributed by atoms with Gasteiger partial charge >= 0.3 is 0 Å². The first-order valence-corrected chi connectivity index (χ1v) is 15.0. The number of carbonyl (C=O) groups is 2. The first-order chi connectivity index (χ1) is 19.1. The number of carbonyl (C=O) groups excluding carboxylic acids is 2. The number of halogens is 2. The van der Waals surface area contributed by atoms with Crippen LogP contribution in [0.1, 0.15) is 32.3 Å². The van der Waals surface area contributed by atoms with Crippen molar-refractivity contribution in [3.63, 3.8) is 0 Å². The highest BCUT2D eigenvalue weighted by atomic mass is 35.5. The van der Waals surface area contributed by atoms with E-state index in [-0.39, 0.29) is 23.0 Å². The van der Waals surface area contributed by atoms with E-state index >= 15 is 0 Å². The summed E-state index contributed by atoms with van der Waals surface area (Å²) in [6.45, 7) is 3.64. The number of sulfonamides is 1. The molecule has 3 rings (SSSR count). The van der Waals surface area contributed by atoms with Crippen molar-refractivity contribution in [2.75, 3.05) is 24.5 Å². The molecular formula is C29H33Cl2N3O5S. The van der Waals surface area contributed by atoms with Crippen molar-refractivity contribution in [3.05, 3.63) is 88.4 Å². The molecule has 2 amide bonds. The van der Waals surface area contributed by atoms with E-state index in [2.05, 4.69) is 5.32 Å². The minimum absolute atomic E-state index is 0.0190. The molecule has 0 bridgehead atoms. The van der Waals surface area contributed by atoms with Gasteiger partial charge in [0.25, 0.3) is 10.0 Å². The third-order valence-corrected chi connectivity index (χ3v) is 8.75. The predicted octanol–water partition coefficient (Wildman–Crippen LogP) is 5.53. The fraction of sp³-hybridized carbons (Fsp3) is 0.310. The van der Waals surface area contributed by atoms with Crippen LogP contribution in [-0.2, 0) is 26.2 Å². The van der Waals surface area contributed by atoms with E-state index in [1.807, 2.05) is 6.92 Å². The minimum atomic E-state index is -4.17. The second-order valence-corrected chi connectivity index (χ2v) is 11.7. The van der Waals surface area contributed by atoms with Gasteiger partial charge in [-0.25, -0.2) is 8.42 Å². The van der Waals surface area contributed by atoms with Gasteiger partial charge in [0.1, 0.15) is 18.3 Å². The first kappa shape index (κ1) is 31.3. The molecule has 0 aliphatic heterocycles. The van der Waals surface area contributed by atoms with Crippen molar-refractivity contribution in [2.24, 2.45) is 0 Å². The molecule has 1 atom stereocenters. The minimum Gasteiger partial charge on any atom is -0.497 e. The van der Waals surface area contributed by atoms with Crippen LogP contribution >= 0.6 is 23.2 Å². The van der Waals surface area contributed by atoms with E-state index in [4.69, 9.17) is 27.9 Å². The molecule has 40 heavy (non-hydrogen) atoms. The van der Waals surface area contributed by atoms with Crippen LogP contribution in [-0.4, -0.2) is 51.4 Å². The molecule has 11 heteroatoms. The molecule has 0 saturated carbocycles. The maximum absolute atomic E-state index is 14.0. The molecule has 1 unspecified atom stereocenters. The van der Waals surface area contributed by atoms with Gasteiger partial charge in [0.05, 0.1) is 27.7 Å². The number of rotatable bonds is 13. The summed E-state index contributed by atoms with van der Waals surface area (Å²) in [6, 6.07) is 18.4. The summed E-state index contributed by atoms with van der Waals surface area (Å²) in [7, 11) is -2.70. The highest BCUT2D eigenvalue weighted by Gasteiger charge is 2.33. The second kappa shape index (κ2) is 14.4. The van der Waals surface area contributed by atoms with E-state index in [9.17, 15) is 18.0 Å². The van der Waals surface area contributed by atoms with Crippen molar-refractivity contribution in [2.45, 2.75) is 44.2 Å². The Labute approximate surface area is 245 Å². The summed E-state index contributed by atoms with van der Waals surface area (Å²) in [5.74, 6) is -0.459. The molecule has 0 aliphatic carbocycles. The number of ether oxygens (including phenoxy) is 1. The third-order valence-electron chi connectivity index (χ3n) is 6.22. The third kappa shape index (κ3) is 7.68. The molecule has 8 nitrogen and oxygen atoms in total. The van der Waals surface area contributed by atoms with E-state index < -0.39 is 28.5 Å². The zero-order valence-corrected chi connectivity index (χ0v) is 25.0. The molecule has 3 aromatic carbocycles. The van der Waals surface area contributed by atoms with Crippen molar-refractivity contribution in [1.29, 1.82) is 0 Å². The molecule has 0 heterocycles. The highest BCUT2D eigenvalue weighted by Crippen LogP contribution is 2.28. The van der Waals surface area contributed by atoms with Crippen molar-refractivity contribution in [1.82, 2.24) is 10.2 Å². The Balaban J connectivity index is 2.07. The van der Waals surface area contributed by atoms with Crippen LogP contribution in [0.2, 0.25) is 10.0 Å². The number of hydrogen-bond acceptors (Lipinski definition) is 5. The van der Waals surface area contributed by atoms with Gasteiger partial charge in [-0.1, -0.05) is 67.4 Å². The van der Waals surface area contributed by atoms with E-state index in [1.165, 1.54) is 24.1 Å². The lowest BCUT2D eigenvalue weighted by Gasteiger charge is -2.33. The van der Waals surface area contributed by atoms with Crippen LogP contribution in [0.3, 0.4) is 0 Å². The Bertz CT molecular complexity index is 1420. The molecule has 0 aliphatic rings. The van der Waals surface area contributed by atoms with Crippen LogP contribution in [0.15, 0.2) is 77.7 Å². The standard InChI is InChI=1S/C29H33Cl2N3O5S/c1-4-16-32-29(36)27(5-2)33(19-21-14-15-25(30)26(31)17-21)28(35)20-34(22-10-9-11-23(18-22)39-3)40(37,38)24-12-7-6-8-13-24/h6-15,17-18,27H,4-5,16,19-20H2,1-3H3,(H,32,36). The first-order valence-electron chi connectivity index (χ1n) is 12.8. The van der Waals surface area contributed by atoms with E-state index in [1.54, 1.807) is 67.6 Å². The fourth-order valence-electron chi connectivity index (χ4n) is 4.13. The second-order valence-electron chi connectivity index (χ2n) is 9.01. The van der Waals surface area contributed by atoms with Gasteiger partial charge in [-0.15, -0.1) is 0 Å². The highest BCUT2D eigenvalue weighted by molar-refractivity contribution is 7.92. The van der Waals surface area contributed by atoms with Crippen LogP contribution in [0.5, 0.6) is 5.75 Å². The predicted molar refractivity (Wildman–Crippen MR) is 158 cm³/mol. The largest absolute Gasteiger partial charge is 0.497 e.